The van der Waals surface area contributed by atoms with Gasteiger partial charge in [0, 0.05) is 13.0 Å². The number of aryl methyl sites for hydroxylation is 2. The number of nitrogens with one attached hydrogen (secondary N) is 1. The minimum Gasteiger partial charge on any atom is -0.504 e. The summed E-state index contributed by atoms with van der Waals surface area (Å²) < 4.78 is 5.03. The second-order valence-electron chi connectivity index (χ2n) is 8.27. The van der Waals surface area contributed by atoms with E-state index in [0.29, 0.717) is 18.7 Å². The quantitative estimate of drug-likeness (QED) is 0.292. The van der Waals surface area contributed by atoms with Crippen LogP contribution in [-0.2, 0) is 24.2 Å². The van der Waals surface area contributed by atoms with Crippen molar-refractivity contribution >= 4 is 17.3 Å². The number of phenols is 1. The molecule has 0 atom stereocenters. The molecule has 0 aliphatic heterocycles. The second kappa shape index (κ2) is 13.1. The number of benzene rings is 3. The number of ether oxygens (including phenoxy) is 1. The summed E-state index contributed by atoms with van der Waals surface area (Å²) in [6.07, 6.45) is 5.51. The van der Waals surface area contributed by atoms with Crippen LogP contribution in [0.15, 0.2) is 77.0 Å². The van der Waals surface area contributed by atoms with E-state index in [2.05, 4.69) is 34.6 Å². The maximum absolute atomic E-state index is 12.1. The summed E-state index contributed by atoms with van der Waals surface area (Å²) in [7, 11) is 1.50. The van der Waals surface area contributed by atoms with Crippen molar-refractivity contribution in [3.63, 3.8) is 0 Å². The van der Waals surface area contributed by atoms with Crippen LogP contribution in [0.1, 0.15) is 49.3 Å². The minimum atomic E-state index is -0.0126. The lowest BCUT2D eigenvalue weighted by Gasteiger charge is -2.08. The smallest absolute Gasteiger partial charge is 0.220 e. The molecule has 0 saturated carbocycles. The molecule has 0 aliphatic rings. The molecule has 0 unspecified atom stereocenters. The molecule has 6 heteroatoms. The number of amides is 1. The fourth-order valence-electron chi connectivity index (χ4n) is 3.54. The van der Waals surface area contributed by atoms with Crippen LogP contribution in [0.2, 0.25) is 0 Å². The third-order valence-corrected chi connectivity index (χ3v) is 5.57. The normalized spacial score (nSPS) is 11.0. The van der Waals surface area contributed by atoms with Crippen LogP contribution in [0.4, 0.5) is 11.4 Å². The van der Waals surface area contributed by atoms with Gasteiger partial charge in [-0.2, -0.15) is 10.2 Å². The van der Waals surface area contributed by atoms with Gasteiger partial charge in [0.15, 0.2) is 11.5 Å². The number of rotatable bonds is 12. The average Bonchev–Trinajstić information content (AvgIpc) is 2.86. The molecule has 0 heterocycles. The van der Waals surface area contributed by atoms with Crippen LogP contribution >= 0.6 is 0 Å². The number of aromatic hydroxyl groups is 1. The third-order valence-electron chi connectivity index (χ3n) is 5.57. The Bertz CT molecular complexity index is 1080. The van der Waals surface area contributed by atoms with E-state index in [1.54, 1.807) is 12.1 Å². The fourth-order valence-corrected chi connectivity index (χ4v) is 3.54. The molecule has 3 rings (SSSR count). The zero-order chi connectivity index (χ0) is 24.2. The van der Waals surface area contributed by atoms with Crippen molar-refractivity contribution in [1.29, 1.82) is 0 Å². The molecule has 0 aliphatic carbocycles. The topological polar surface area (TPSA) is 83.3 Å². The Hall–Kier alpha value is -3.67. The number of hydrogen-bond acceptors (Lipinski definition) is 5. The van der Waals surface area contributed by atoms with Crippen molar-refractivity contribution in [2.24, 2.45) is 10.2 Å². The molecular weight excluding hydrogens is 426 g/mol. The second-order valence-corrected chi connectivity index (χ2v) is 8.27. The molecule has 0 radical (unpaired) electrons. The minimum absolute atomic E-state index is 0.0126. The van der Waals surface area contributed by atoms with E-state index in [0.717, 1.165) is 41.8 Å². The predicted octanol–water partition coefficient (Wildman–Crippen LogP) is 6.80. The Balaban J connectivity index is 1.39. The molecule has 34 heavy (non-hydrogen) atoms. The van der Waals surface area contributed by atoms with Crippen LogP contribution in [0.25, 0.3) is 0 Å². The highest BCUT2D eigenvalue weighted by atomic mass is 16.5. The summed E-state index contributed by atoms with van der Waals surface area (Å²) >= 11 is 0. The van der Waals surface area contributed by atoms with Crippen molar-refractivity contribution in [2.75, 3.05) is 7.11 Å². The summed E-state index contributed by atoms with van der Waals surface area (Å²) in [5, 5.41) is 21.4. The molecule has 3 aromatic rings. The first kappa shape index (κ1) is 25.0. The highest BCUT2D eigenvalue weighted by Crippen LogP contribution is 2.26. The standard InChI is InChI=1S/C28H33N3O3/c1-3-4-6-21-9-14-24(15-10-21)30-31-25-16-11-22(12-17-25)7-5-8-28(33)29-20-23-13-18-27(34-2)26(32)19-23/h9-19,32H,3-8,20H2,1-2H3,(H,29,33)/b31-30+. The number of azo groups is 1. The lowest BCUT2D eigenvalue weighted by Crippen LogP contribution is -2.22. The monoisotopic (exact) mass is 459 g/mol. The first-order valence-corrected chi connectivity index (χ1v) is 11.8. The summed E-state index contributed by atoms with van der Waals surface area (Å²) in [6, 6.07) is 21.3. The van der Waals surface area contributed by atoms with E-state index in [4.69, 9.17) is 4.74 Å². The number of carbonyl (C=O) groups excluding carboxylic acids is 1. The van der Waals surface area contributed by atoms with Crippen molar-refractivity contribution in [3.8, 4) is 11.5 Å². The first-order valence-electron chi connectivity index (χ1n) is 11.8. The molecule has 178 valence electrons. The van der Waals surface area contributed by atoms with Gasteiger partial charge in [0.2, 0.25) is 5.91 Å². The molecule has 0 fully saturated rings. The molecule has 0 aromatic heterocycles. The van der Waals surface area contributed by atoms with Crippen LogP contribution in [0.3, 0.4) is 0 Å². The van der Waals surface area contributed by atoms with Crippen molar-refractivity contribution in [2.45, 2.75) is 52.0 Å². The van der Waals surface area contributed by atoms with Gasteiger partial charge in [-0.1, -0.05) is 43.7 Å². The van der Waals surface area contributed by atoms with Crippen molar-refractivity contribution in [3.05, 3.63) is 83.4 Å². The average molecular weight is 460 g/mol. The van der Waals surface area contributed by atoms with Crippen LogP contribution in [0, 0.1) is 0 Å². The lowest BCUT2D eigenvalue weighted by molar-refractivity contribution is -0.121. The maximum atomic E-state index is 12.1. The number of hydrogen-bond donors (Lipinski definition) is 2. The number of methoxy groups -OCH3 is 1. The molecular formula is C28H33N3O3. The number of nitrogens with zero attached hydrogens (tertiary/aromatic N) is 2. The largest absolute Gasteiger partial charge is 0.504 e. The van der Waals surface area contributed by atoms with Gasteiger partial charge < -0.3 is 15.2 Å². The summed E-state index contributed by atoms with van der Waals surface area (Å²) in [5.41, 5.74) is 4.97. The predicted molar refractivity (Wildman–Crippen MR) is 135 cm³/mol. The van der Waals surface area contributed by atoms with E-state index >= 15 is 0 Å². The van der Waals surface area contributed by atoms with Crippen molar-refractivity contribution in [1.82, 2.24) is 5.32 Å². The van der Waals surface area contributed by atoms with E-state index in [1.165, 1.54) is 25.5 Å². The van der Waals surface area contributed by atoms with E-state index in [9.17, 15) is 9.90 Å². The Morgan fingerprint density at radius 1 is 0.853 bits per heavy atom. The Morgan fingerprint density at radius 2 is 1.41 bits per heavy atom. The SMILES string of the molecule is CCCCc1ccc(/N=N/c2ccc(CCCC(=O)NCc3ccc(OC)c(O)c3)cc2)cc1. The zero-order valence-corrected chi connectivity index (χ0v) is 20.0. The van der Waals surface area contributed by atoms with Gasteiger partial charge in [0.1, 0.15) is 0 Å². The Labute approximate surface area is 201 Å². The van der Waals surface area contributed by atoms with Crippen molar-refractivity contribution < 1.29 is 14.6 Å². The summed E-state index contributed by atoms with van der Waals surface area (Å²) in [5.74, 6) is 0.470. The molecule has 6 nitrogen and oxygen atoms in total. The maximum Gasteiger partial charge on any atom is 0.220 e. The molecule has 0 saturated heterocycles. The lowest BCUT2D eigenvalue weighted by atomic mass is 10.1. The van der Waals surface area contributed by atoms with Crippen LogP contribution in [0.5, 0.6) is 11.5 Å². The van der Waals surface area contributed by atoms with Gasteiger partial charge in [0.25, 0.3) is 0 Å². The van der Waals surface area contributed by atoms with Gasteiger partial charge in [-0.3, -0.25) is 4.79 Å². The number of carbonyl (C=O) groups is 1. The Kier molecular flexibility index (Phi) is 9.65. The van der Waals surface area contributed by atoms with Gasteiger partial charge in [-0.25, -0.2) is 0 Å². The number of unbranched alkanes of at least 4 members (excludes halogenated alkanes) is 1. The van der Waals surface area contributed by atoms with Crippen LogP contribution in [-0.4, -0.2) is 18.1 Å². The molecule has 0 spiro atoms. The van der Waals surface area contributed by atoms with Crippen LogP contribution < -0.4 is 10.1 Å². The molecule has 0 bridgehead atoms. The molecule has 3 aromatic carbocycles. The first-order chi connectivity index (χ1) is 16.6. The van der Waals surface area contributed by atoms with E-state index in [-0.39, 0.29) is 11.7 Å². The Morgan fingerprint density at radius 3 is 1.94 bits per heavy atom. The van der Waals surface area contributed by atoms with Gasteiger partial charge >= 0.3 is 0 Å². The highest BCUT2D eigenvalue weighted by molar-refractivity contribution is 5.75. The zero-order valence-electron chi connectivity index (χ0n) is 20.0. The van der Waals surface area contributed by atoms with Gasteiger partial charge in [-0.05, 0) is 78.8 Å². The van der Waals surface area contributed by atoms with Gasteiger partial charge in [-0.15, -0.1) is 0 Å². The highest BCUT2D eigenvalue weighted by Gasteiger charge is 2.05. The molecule has 1 amide bonds. The van der Waals surface area contributed by atoms with Gasteiger partial charge in [0.05, 0.1) is 18.5 Å². The fraction of sp³-hybridized carbons (Fsp3) is 0.321. The summed E-state index contributed by atoms with van der Waals surface area (Å²) in [6.45, 7) is 2.57. The van der Waals surface area contributed by atoms with E-state index in [1.807, 2.05) is 42.5 Å². The van der Waals surface area contributed by atoms with E-state index < -0.39 is 0 Å². The molecule has 2 N–H and O–H groups in total. The third kappa shape index (κ3) is 8.03. The summed E-state index contributed by atoms with van der Waals surface area (Å²) in [4.78, 5) is 12.1. The number of phenolic OH excluding ortho intramolecular Hbond substituents is 1.